The van der Waals surface area contributed by atoms with Gasteiger partial charge >= 0.3 is 5.97 Å². The summed E-state index contributed by atoms with van der Waals surface area (Å²) in [6.45, 7) is 0. The zero-order valence-electron chi connectivity index (χ0n) is 11.2. The lowest BCUT2D eigenvalue weighted by Crippen LogP contribution is -2.09. The number of carbonyl (C=O) groups is 1. The van der Waals surface area contributed by atoms with Crippen molar-refractivity contribution < 1.29 is 18.7 Å². The van der Waals surface area contributed by atoms with Crippen molar-refractivity contribution >= 4 is 5.97 Å². The second-order valence-electron chi connectivity index (χ2n) is 4.18. The normalized spacial score (nSPS) is 10.3. The molecule has 0 amide bonds. The molecule has 0 saturated carbocycles. The average molecular weight is 284 g/mol. The molecule has 21 heavy (non-hydrogen) atoms. The molecule has 2 heterocycles. The predicted molar refractivity (Wildman–Crippen MR) is 74.2 cm³/mol. The van der Waals surface area contributed by atoms with Gasteiger partial charge in [0.25, 0.3) is 0 Å². The van der Waals surface area contributed by atoms with Crippen LogP contribution >= 0.6 is 0 Å². The number of hydrogen-bond donors (Lipinski definition) is 1. The molecule has 106 valence electrons. The SMILES string of the molecule is COc1ccccc1OC(=O)c1cc(-c2ccco2)n[nH]1. The first-order valence-corrected chi connectivity index (χ1v) is 6.22. The molecular formula is C15H12N2O4. The molecule has 0 saturated heterocycles. The van der Waals surface area contributed by atoms with E-state index in [9.17, 15) is 4.79 Å². The molecule has 0 atom stereocenters. The number of para-hydroxylation sites is 2. The van der Waals surface area contributed by atoms with Crippen molar-refractivity contribution in [2.75, 3.05) is 7.11 Å². The summed E-state index contributed by atoms with van der Waals surface area (Å²) in [5, 5.41) is 6.64. The monoisotopic (exact) mass is 284 g/mol. The first kappa shape index (κ1) is 13.0. The summed E-state index contributed by atoms with van der Waals surface area (Å²) in [4.78, 5) is 12.1. The number of aromatic amines is 1. The zero-order chi connectivity index (χ0) is 14.7. The summed E-state index contributed by atoms with van der Waals surface area (Å²) >= 11 is 0. The highest BCUT2D eigenvalue weighted by Gasteiger charge is 2.16. The maximum Gasteiger partial charge on any atom is 0.361 e. The number of nitrogens with zero attached hydrogens (tertiary/aromatic N) is 1. The van der Waals surface area contributed by atoms with Gasteiger partial charge in [0, 0.05) is 6.07 Å². The summed E-state index contributed by atoms with van der Waals surface area (Å²) in [7, 11) is 1.51. The lowest BCUT2D eigenvalue weighted by molar-refractivity contribution is 0.0723. The number of esters is 1. The van der Waals surface area contributed by atoms with Crippen molar-refractivity contribution in [2.45, 2.75) is 0 Å². The van der Waals surface area contributed by atoms with Crippen LogP contribution in [0.15, 0.2) is 53.1 Å². The Morgan fingerprint density at radius 1 is 1.19 bits per heavy atom. The van der Waals surface area contributed by atoms with Crippen molar-refractivity contribution in [1.82, 2.24) is 10.2 Å². The number of furan rings is 1. The quantitative estimate of drug-likeness (QED) is 0.588. The number of H-pyrrole nitrogens is 1. The van der Waals surface area contributed by atoms with Crippen LogP contribution in [0, 0.1) is 0 Å². The van der Waals surface area contributed by atoms with Crippen molar-refractivity contribution in [3.05, 3.63) is 54.4 Å². The predicted octanol–water partition coefficient (Wildman–Crippen LogP) is 2.90. The molecular weight excluding hydrogens is 272 g/mol. The molecule has 0 aliphatic heterocycles. The number of ether oxygens (including phenoxy) is 2. The Morgan fingerprint density at radius 2 is 2.00 bits per heavy atom. The summed E-state index contributed by atoms with van der Waals surface area (Å²) < 4.78 is 15.6. The first-order valence-electron chi connectivity index (χ1n) is 6.22. The summed E-state index contributed by atoms with van der Waals surface area (Å²) in [5.74, 6) is 0.850. The molecule has 0 radical (unpaired) electrons. The smallest absolute Gasteiger partial charge is 0.361 e. The Morgan fingerprint density at radius 3 is 2.71 bits per heavy atom. The van der Waals surface area contributed by atoms with Gasteiger partial charge in [-0.15, -0.1) is 0 Å². The van der Waals surface area contributed by atoms with E-state index in [0.717, 1.165) is 0 Å². The van der Waals surface area contributed by atoms with Crippen molar-refractivity contribution in [1.29, 1.82) is 0 Å². The highest BCUT2D eigenvalue weighted by Crippen LogP contribution is 2.27. The highest BCUT2D eigenvalue weighted by atomic mass is 16.6. The fourth-order valence-corrected chi connectivity index (χ4v) is 1.83. The third-order valence-corrected chi connectivity index (χ3v) is 2.84. The Hall–Kier alpha value is -3.02. The molecule has 0 bridgehead atoms. The highest BCUT2D eigenvalue weighted by molar-refractivity contribution is 5.90. The van der Waals surface area contributed by atoms with Gasteiger partial charge < -0.3 is 13.9 Å². The molecule has 0 spiro atoms. The Kier molecular flexibility index (Phi) is 3.42. The van der Waals surface area contributed by atoms with Crippen LogP contribution in [0.25, 0.3) is 11.5 Å². The molecule has 0 aliphatic carbocycles. The summed E-state index contributed by atoms with van der Waals surface area (Å²) in [5.41, 5.74) is 0.763. The Labute approximate surface area is 120 Å². The van der Waals surface area contributed by atoms with Crippen LogP contribution in [0.4, 0.5) is 0 Å². The van der Waals surface area contributed by atoms with Crippen LogP contribution in [0.5, 0.6) is 11.5 Å². The lowest BCUT2D eigenvalue weighted by Gasteiger charge is -2.07. The van der Waals surface area contributed by atoms with E-state index in [1.807, 2.05) is 0 Å². The number of methoxy groups -OCH3 is 1. The molecule has 0 fully saturated rings. The van der Waals surface area contributed by atoms with Gasteiger partial charge in [-0.2, -0.15) is 5.10 Å². The van der Waals surface area contributed by atoms with Gasteiger partial charge in [0.1, 0.15) is 11.4 Å². The van der Waals surface area contributed by atoms with E-state index in [4.69, 9.17) is 13.9 Å². The van der Waals surface area contributed by atoms with Gasteiger partial charge in [-0.3, -0.25) is 5.10 Å². The second-order valence-corrected chi connectivity index (χ2v) is 4.18. The van der Waals surface area contributed by atoms with E-state index in [1.165, 1.54) is 13.4 Å². The fraction of sp³-hybridized carbons (Fsp3) is 0.0667. The standard InChI is InChI=1S/C15H12N2O4/c1-19-13-5-2-3-6-14(13)21-15(18)11-9-10(16-17-11)12-7-4-8-20-12/h2-9H,1H3,(H,16,17). The van der Waals surface area contributed by atoms with E-state index >= 15 is 0 Å². The van der Waals surface area contributed by atoms with E-state index in [0.29, 0.717) is 23.0 Å². The van der Waals surface area contributed by atoms with Crippen molar-refractivity contribution in [2.24, 2.45) is 0 Å². The molecule has 1 aromatic carbocycles. The number of rotatable bonds is 4. The molecule has 6 nitrogen and oxygen atoms in total. The van der Waals surface area contributed by atoms with Gasteiger partial charge in [-0.25, -0.2) is 4.79 Å². The Balaban J connectivity index is 1.80. The van der Waals surface area contributed by atoms with Gasteiger partial charge in [0.05, 0.1) is 13.4 Å². The maximum absolute atomic E-state index is 12.1. The Bertz CT molecular complexity index is 747. The number of hydrogen-bond acceptors (Lipinski definition) is 5. The molecule has 6 heteroatoms. The van der Waals surface area contributed by atoms with Gasteiger partial charge in [0.15, 0.2) is 17.3 Å². The molecule has 1 N–H and O–H groups in total. The first-order chi connectivity index (χ1) is 10.3. The van der Waals surface area contributed by atoms with Crippen LogP contribution < -0.4 is 9.47 Å². The van der Waals surface area contributed by atoms with E-state index in [1.54, 1.807) is 42.5 Å². The number of benzene rings is 1. The average Bonchev–Trinajstić information content (AvgIpc) is 3.18. The third-order valence-electron chi connectivity index (χ3n) is 2.84. The van der Waals surface area contributed by atoms with Crippen LogP contribution in [0.2, 0.25) is 0 Å². The van der Waals surface area contributed by atoms with E-state index in [-0.39, 0.29) is 5.69 Å². The molecule has 2 aromatic heterocycles. The molecule has 3 aromatic rings. The maximum atomic E-state index is 12.1. The van der Waals surface area contributed by atoms with Gasteiger partial charge in [0.2, 0.25) is 0 Å². The zero-order valence-corrected chi connectivity index (χ0v) is 11.2. The lowest BCUT2D eigenvalue weighted by atomic mass is 10.3. The van der Waals surface area contributed by atoms with Crippen molar-refractivity contribution in [3.63, 3.8) is 0 Å². The third kappa shape index (κ3) is 2.64. The topological polar surface area (TPSA) is 77.3 Å². The van der Waals surface area contributed by atoms with Crippen LogP contribution in [0.1, 0.15) is 10.5 Å². The van der Waals surface area contributed by atoms with Crippen LogP contribution in [-0.2, 0) is 0 Å². The number of nitrogens with one attached hydrogen (secondary N) is 1. The van der Waals surface area contributed by atoms with E-state index in [2.05, 4.69) is 10.2 Å². The number of carbonyl (C=O) groups excluding carboxylic acids is 1. The number of aromatic nitrogens is 2. The summed E-state index contributed by atoms with van der Waals surface area (Å²) in [6.07, 6.45) is 1.54. The van der Waals surface area contributed by atoms with Gasteiger partial charge in [-0.1, -0.05) is 12.1 Å². The minimum Gasteiger partial charge on any atom is -0.493 e. The van der Waals surface area contributed by atoms with Crippen LogP contribution in [0.3, 0.4) is 0 Å². The largest absolute Gasteiger partial charge is 0.493 e. The minimum atomic E-state index is -0.551. The van der Waals surface area contributed by atoms with Crippen LogP contribution in [-0.4, -0.2) is 23.3 Å². The minimum absolute atomic E-state index is 0.229. The second kappa shape index (κ2) is 5.54. The molecule has 0 aliphatic rings. The van der Waals surface area contributed by atoms with Gasteiger partial charge in [-0.05, 0) is 24.3 Å². The molecule has 3 rings (SSSR count). The van der Waals surface area contributed by atoms with Crippen molar-refractivity contribution in [3.8, 4) is 23.0 Å². The van der Waals surface area contributed by atoms with E-state index < -0.39 is 5.97 Å². The summed E-state index contributed by atoms with van der Waals surface area (Å²) in [6, 6.07) is 12.0. The fourth-order valence-electron chi connectivity index (χ4n) is 1.83. The molecule has 0 unspecified atom stereocenters.